The molecule has 0 aliphatic heterocycles. The van der Waals surface area contributed by atoms with Gasteiger partial charge in [-0.05, 0) is 50.2 Å². The molecular formula is C16H26N4S. The van der Waals surface area contributed by atoms with Gasteiger partial charge in [-0.1, -0.05) is 26.7 Å². The van der Waals surface area contributed by atoms with Gasteiger partial charge in [0.15, 0.2) is 10.4 Å². The first-order chi connectivity index (χ1) is 10.2. The number of rotatable bonds is 4. The summed E-state index contributed by atoms with van der Waals surface area (Å²) >= 11 is 5.61. The molecule has 4 nitrogen and oxygen atoms in total. The van der Waals surface area contributed by atoms with Crippen molar-refractivity contribution >= 4 is 23.4 Å². The number of aromatic amines is 1. The van der Waals surface area contributed by atoms with Crippen LogP contribution in [0.15, 0.2) is 0 Å². The van der Waals surface area contributed by atoms with E-state index >= 15 is 0 Å². The zero-order valence-electron chi connectivity index (χ0n) is 13.4. The number of aryl methyl sites for hydroxylation is 2. The van der Waals surface area contributed by atoms with Crippen LogP contribution in [0.4, 0.5) is 0 Å². The lowest BCUT2D eigenvalue weighted by atomic mass is 9.84. The summed E-state index contributed by atoms with van der Waals surface area (Å²) in [7, 11) is 2.04. The lowest BCUT2D eigenvalue weighted by Crippen LogP contribution is -2.19. The lowest BCUT2D eigenvalue weighted by Gasteiger charge is -2.29. The van der Waals surface area contributed by atoms with E-state index in [4.69, 9.17) is 12.2 Å². The van der Waals surface area contributed by atoms with Gasteiger partial charge < -0.3 is 4.98 Å². The molecule has 0 unspecified atom stereocenters. The molecule has 0 bridgehead atoms. The molecular weight excluding hydrogens is 280 g/mol. The second-order valence-electron chi connectivity index (χ2n) is 6.40. The Hall–Kier alpha value is -1.10. The van der Waals surface area contributed by atoms with Gasteiger partial charge in [-0.3, -0.25) is 9.25 Å². The molecule has 1 aliphatic rings. The summed E-state index contributed by atoms with van der Waals surface area (Å²) in [5.74, 6) is 0.909. The smallest absolute Gasteiger partial charge is 0.179 e. The summed E-state index contributed by atoms with van der Waals surface area (Å²) in [6.45, 7) is 4.50. The molecule has 1 aliphatic carbocycles. The Labute approximate surface area is 131 Å². The van der Waals surface area contributed by atoms with E-state index in [1.54, 1.807) is 0 Å². The van der Waals surface area contributed by atoms with Gasteiger partial charge in [-0.2, -0.15) is 5.10 Å². The molecule has 21 heavy (non-hydrogen) atoms. The maximum Gasteiger partial charge on any atom is 0.179 e. The predicted molar refractivity (Wildman–Crippen MR) is 89.2 cm³/mol. The third kappa shape index (κ3) is 2.56. The number of aromatic nitrogens is 4. The fourth-order valence-corrected chi connectivity index (χ4v) is 4.14. The molecule has 2 aromatic rings. The molecule has 0 spiro atoms. The van der Waals surface area contributed by atoms with Crippen molar-refractivity contribution in [1.29, 1.82) is 0 Å². The molecule has 0 radical (unpaired) electrons. The monoisotopic (exact) mass is 306 g/mol. The Morgan fingerprint density at radius 1 is 1.24 bits per heavy atom. The molecule has 1 saturated carbocycles. The van der Waals surface area contributed by atoms with Gasteiger partial charge in [0.25, 0.3) is 0 Å². The van der Waals surface area contributed by atoms with Crippen LogP contribution in [0.1, 0.15) is 64.1 Å². The highest BCUT2D eigenvalue weighted by molar-refractivity contribution is 7.71. The molecule has 5 heteroatoms. The van der Waals surface area contributed by atoms with E-state index < -0.39 is 0 Å². The van der Waals surface area contributed by atoms with Crippen molar-refractivity contribution in [3.8, 4) is 0 Å². The average Bonchev–Trinajstić information content (AvgIpc) is 2.97. The molecule has 0 aromatic carbocycles. The van der Waals surface area contributed by atoms with Gasteiger partial charge in [0, 0.05) is 13.1 Å². The van der Waals surface area contributed by atoms with E-state index in [1.807, 2.05) is 11.7 Å². The summed E-state index contributed by atoms with van der Waals surface area (Å²) in [4.78, 5) is 3.42. The molecule has 0 amide bonds. The van der Waals surface area contributed by atoms with E-state index in [-0.39, 0.29) is 0 Å². The normalized spacial score (nSPS) is 23.0. The topological polar surface area (TPSA) is 38.5 Å². The summed E-state index contributed by atoms with van der Waals surface area (Å²) in [5.41, 5.74) is 3.49. The number of imidazole rings is 1. The summed E-state index contributed by atoms with van der Waals surface area (Å²) in [6.07, 6.45) is 8.58. The maximum atomic E-state index is 5.61. The third-order valence-corrected chi connectivity index (χ3v) is 5.31. The van der Waals surface area contributed by atoms with Gasteiger partial charge >= 0.3 is 0 Å². The second kappa shape index (κ2) is 5.95. The molecule has 1 N–H and O–H groups in total. The van der Waals surface area contributed by atoms with E-state index in [1.165, 1.54) is 37.8 Å². The Kier molecular flexibility index (Phi) is 4.20. The van der Waals surface area contributed by atoms with Gasteiger partial charge in [-0.15, -0.1) is 0 Å². The largest absolute Gasteiger partial charge is 0.328 e. The third-order valence-electron chi connectivity index (χ3n) is 5.01. The van der Waals surface area contributed by atoms with Crippen LogP contribution in [0.25, 0.3) is 11.2 Å². The predicted octanol–water partition coefficient (Wildman–Crippen LogP) is 4.53. The quantitative estimate of drug-likeness (QED) is 0.843. The summed E-state index contributed by atoms with van der Waals surface area (Å²) in [6, 6.07) is 0.541. The molecule has 2 aromatic heterocycles. The van der Waals surface area contributed by atoms with Crippen LogP contribution in [0.5, 0.6) is 0 Å². The Morgan fingerprint density at radius 3 is 2.57 bits per heavy atom. The minimum absolute atomic E-state index is 0.541. The fraction of sp³-hybridized carbons (Fsp3) is 0.750. The molecule has 116 valence electrons. The summed E-state index contributed by atoms with van der Waals surface area (Å²) < 4.78 is 5.22. The van der Waals surface area contributed by atoms with Gasteiger partial charge in [0.2, 0.25) is 0 Å². The van der Waals surface area contributed by atoms with Crippen LogP contribution >= 0.6 is 12.2 Å². The van der Waals surface area contributed by atoms with E-state index in [2.05, 4.69) is 28.5 Å². The number of fused-ring (bicyclic) bond motifs is 1. The highest BCUT2D eigenvalue weighted by atomic mass is 32.1. The molecule has 3 rings (SSSR count). The van der Waals surface area contributed by atoms with Crippen LogP contribution in [0.3, 0.4) is 0 Å². The standard InChI is InChI=1S/C16H26N4S/c1-4-6-13-14-15(19(3)18-13)20(16(21)17-14)12-9-7-11(5-2)8-10-12/h11-12H,4-10H2,1-3H3,(H,17,21). The van der Waals surface area contributed by atoms with Crippen molar-refractivity contribution < 1.29 is 0 Å². The van der Waals surface area contributed by atoms with Crippen LogP contribution in [-0.2, 0) is 13.5 Å². The first kappa shape index (κ1) is 14.8. The van der Waals surface area contributed by atoms with Crippen LogP contribution in [0, 0.1) is 10.7 Å². The number of hydrogen-bond donors (Lipinski definition) is 1. The Morgan fingerprint density at radius 2 is 1.95 bits per heavy atom. The van der Waals surface area contributed by atoms with Crippen molar-refractivity contribution in [3.05, 3.63) is 10.5 Å². The van der Waals surface area contributed by atoms with Crippen molar-refractivity contribution in [2.45, 2.75) is 64.8 Å². The molecule has 0 atom stereocenters. The van der Waals surface area contributed by atoms with E-state index in [0.717, 1.165) is 34.7 Å². The van der Waals surface area contributed by atoms with Crippen LogP contribution in [-0.4, -0.2) is 19.3 Å². The van der Waals surface area contributed by atoms with E-state index in [9.17, 15) is 0 Å². The van der Waals surface area contributed by atoms with Crippen molar-refractivity contribution in [2.24, 2.45) is 13.0 Å². The van der Waals surface area contributed by atoms with Gasteiger partial charge in [-0.25, -0.2) is 0 Å². The van der Waals surface area contributed by atoms with Crippen molar-refractivity contribution in [1.82, 2.24) is 19.3 Å². The number of nitrogens with one attached hydrogen (secondary N) is 1. The molecule has 0 saturated heterocycles. The Balaban J connectivity index is 1.99. The zero-order valence-corrected chi connectivity index (χ0v) is 14.2. The lowest BCUT2D eigenvalue weighted by molar-refractivity contribution is 0.270. The van der Waals surface area contributed by atoms with Crippen molar-refractivity contribution in [2.75, 3.05) is 0 Å². The zero-order chi connectivity index (χ0) is 15.0. The second-order valence-corrected chi connectivity index (χ2v) is 6.79. The minimum Gasteiger partial charge on any atom is -0.328 e. The highest BCUT2D eigenvalue weighted by Crippen LogP contribution is 2.36. The molecule has 2 heterocycles. The van der Waals surface area contributed by atoms with Crippen LogP contribution < -0.4 is 0 Å². The number of hydrogen-bond acceptors (Lipinski definition) is 2. The van der Waals surface area contributed by atoms with Gasteiger partial charge in [0.05, 0.1) is 5.69 Å². The molecule has 1 fully saturated rings. The minimum atomic E-state index is 0.541. The summed E-state index contributed by atoms with van der Waals surface area (Å²) in [5, 5.41) is 4.69. The first-order valence-electron chi connectivity index (χ1n) is 8.31. The number of nitrogens with zero attached hydrogens (tertiary/aromatic N) is 3. The average molecular weight is 306 g/mol. The SMILES string of the molecule is CCCc1nn(C)c2c1[nH]c(=S)n2C1CCC(CC)CC1. The van der Waals surface area contributed by atoms with Gasteiger partial charge in [0.1, 0.15) is 5.52 Å². The first-order valence-corrected chi connectivity index (χ1v) is 8.72. The van der Waals surface area contributed by atoms with Crippen LogP contribution in [0.2, 0.25) is 0 Å². The van der Waals surface area contributed by atoms with E-state index in [0.29, 0.717) is 6.04 Å². The fourth-order valence-electron chi connectivity index (χ4n) is 3.80. The maximum absolute atomic E-state index is 5.61. The Bertz CT molecular complexity index is 670. The van der Waals surface area contributed by atoms with Crippen molar-refractivity contribution in [3.63, 3.8) is 0 Å². The number of H-pyrrole nitrogens is 1. The highest BCUT2D eigenvalue weighted by Gasteiger charge is 2.25.